The molecule has 1 aromatic carbocycles. The van der Waals surface area contributed by atoms with E-state index in [9.17, 15) is 24.0 Å². The van der Waals surface area contributed by atoms with Crippen molar-refractivity contribution in [1.29, 1.82) is 0 Å². The van der Waals surface area contributed by atoms with Gasteiger partial charge in [0.25, 0.3) is 5.91 Å². The maximum Gasteiger partial charge on any atom is 0.258 e. The second-order valence-electron chi connectivity index (χ2n) is 13.3. The normalized spacial score (nSPS) is 24.9. The lowest BCUT2D eigenvalue weighted by Crippen LogP contribution is -2.59. The average molecular weight is 662 g/mol. The molecule has 1 aromatic heterocycles. The summed E-state index contributed by atoms with van der Waals surface area (Å²) >= 11 is 0. The number of fused-ring (bicyclic) bond motifs is 13. The standard InChI is InChI=1S/C35H47N7O6/c1-22(2)31-35(47)42-14-6-8-29(42)33(45)37-24(4)32(44)38-27(19-25-9-11-26(12-10-25)48-21-30(43)39-31)34(46)41-17-15-40(16-18-41)20-28-23(3)7-5-13-36-28/h5,7,9-13,22,24,27,29,31H,6,8,14-21H2,1-4H3,(H,37,45)(H,38,44)(H,39,43)/t24-,27-,29+,31-/m0/s1. The predicted molar refractivity (Wildman–Crippen MR) is 178 cm³/mol. The van der Waals surface area contributed by atoms with Gasteiger partial charge in [-0.2, -0.15) is 0 Å². The number of rotatable bonds is 4. The van der Waals surface area contributed by atoms with E-state index in [1.807, 2.05) is 32.9 Å². The fraction of sp³-hybridized carbons (Fsp3) is 0.543. The largest absolute Gasteiger partial charge is 0.484 e. The zero-order valence-corrected chi connectivity index (χ0v) is 28.2. The first-order valence-electron chi connectivity index (χ1n) is 16.8. The van der Waals surface area contributed by atoms with Crippen LogP contribution in [0.4, 0.5) is 0 Å². The number of carbonyl (C=O) groups is 5. The van der Waals surface area contributed by atoms with Crippen LogP contribution in [0.3, 0.4) is 0 Å². The number of aromatic nitrogens is 1. The highest BCUT2D eigenvalue weighted by molar-refractivity contribution is 5.96. The van der Waals surface area contributed by atoms with Gasteiger partial charge in [-0.3, -0.25) is 33.9 Å². The summed E-state index contributed by atoms with van der Waals surface area (Å²) in [6.07, 6.45) is 3.07. The summed E-state index contributed by atoms with van der Waals surface area (Å²) in [4.78, 5) is 77.3. The number of ether oxygens (including phenoxy) is 1. The van der Waals surface area contributed by atoms with Gasteiger partial charge >= 0.3 is 0 Å². The fourth-order valence-corrected chi connectivity index (χ4v) is 6.43. The van der Waals surface area contributed by atoms with Crippen molar-refractivity contribution in [3.63, 3.8) is 0 Å². The molecule has 4 aliphatic rings. The minimum atomic E-state index is -0.956. The molecule has 5 heterocycles. The number of nitrogens with one attached hydrogen (secondary N) is 3. The SMILES string of the molecule is Cc1cccnc1CN1CCN(C(=O)[C@@H]2Cc3ccc(cc3)OCC(=O)N[C@@H](C(C)C)C(=O)N3CCC[C@@H]3C(=O)N[C@@H](C)C(=O)N2)CC1. The van der Waals surface area contributed by atoms with Crippen molar-refractivity contribution in [3.05, 3.63) is 59.4 Å². The van der Waals surface area contributed by atoms with Gasteiger partial charge in [0.05, 0.1) is 5.69 Å². The van der Waals surface area contributed by atoms with Crippen molar-refractivity contribution in [2.45, 2.75) is 77.7 Å². The van der Waals surface area contributed by atoms with Gasteiger partial charge in [0, 0.05) is 51.9 Å². The van der Waals surface area contributed by atoms with E-state index in [4.69, 9.17) is 4.74 Å². The minimum Gasteiger partial charge on any atom is -0.484 e. The molecule has 2 fully saturated rings. The molecule has 2 saturated heterocycles. The molecule has 13 nitrogen and oxygen atoms in total. The van der Waals surface area contributed by atoms with Gasteiger partial charge in [0.15, 0.2) is 6.61 Å². The molecule has 2 bridgehead atoms. The molecule has 5 amide bonds. The smallest absolute Gasteiger partial charge is 0.258 e. The molecular weight excluding hydrogens is 614 g/mol. The van der Waals surface area contributed by atoms with Crippen molar-refractivity contribution < 1.29 is 28.7 Å². The molecular formula is C35H47N7O6. The van der Waals surface area contributed by atoms with E-state index in [0.29, 0.717) is 57.9 Å². The van der Waals surface area contributed by atoms with E-state index in [-0.39, 0.29) is 30.8 Å². The number of pyridine rings is 1. The Morgan fingerprint density at radius 3 is 2.38 bits per heavy atom. The maximum atomic E-state index is 13.9. The van der Waals surface area contributed by atoms with Gasteiger partial charge in [0.2, 0.25) is 23.6 Å². The summed E-state index contributed by atoms with van der Waals surface area (Å²) in [5.74, 6) is -1.72. The molecule has 258 valence electrons. The van der Waals surface area contributed by atoms with Gasteiger partial charge in [-0.05, 0) is 61.9 Å². The van der Waals surface area contributed by atoms with E-state index in [1.165, 1.54) is 4.90 Å². The summed E-state index contributed by atoms with van der Waals surface area (Å²) in [5.41, 5.74) is 2.92. The zero-order valence-electron chi connectivity index (χ0n) is 28.2. The van der Waals surface area contributed by atoms with Crippen LogP contribution in [-0.4, -0.2) is 113 Å². The van der Waals surface area contributed by atoms with Crippen molar-refractivity contribution in [1.82, 2.24) is 35.6 Å². The molecule has 4 aliphatic heterocycles. The third kappa shape index (κ3) is 8.49. The van der Waals surface area contributed by atoms with Crippen LogP contribution in [0.2, 0.25) is 0 Å². The van der Waals surface area contributed by atoms with Crippen molar-refractivity contribution in [3.8, 4) is 5.75 Å². The van der Waals surface area contributed by atoms with Crippen LogP contribution < -0.4 is 20.7 Å². The average Bonchev–Trinajstić information content (AvgIpc) is 3.57. The highest BCUT2D eigenvalue weighted by Crippen LogP contribution is 2.21. The Morgan fingerprint density at radius 2 is 1.69 bits per heavy atom. The molecule has 0 unspecified atom stereocenters. The number of hydrogen-bond donors (Lipinski definition) is 3. The van der Waals surface area contributed by atoms with Gasteiger partial charge in [-0.1, -0.05) is 32.0 Å². The Balaban J connectivity index is 1.32. The van der Waals surface area contributed by atoms with Crippen LogP contribution in [-0.2, 0) is 36.9 Å². The predicted octanol–water partition coefficient (Wildman–Crippen LogP) is 0.791. The quantitative estimate of drug-likeness (QED) is 0.435. The number of benzene rings is 1. The van der Waals surface area contributed by atoms with E-state index in [1.54, 1.807) is 42.3 Å². The molecule has 0 saturated carbocycles. The van der Waals surface area contributed by atoms with Crippen LogP contribution in [0.25, 0.3) is 0 Å². The van der Waals surface area contributed by atoms with Crippen LogP contribution >= 0.6 is 0 Å². The third-order valence-corrected chi connectivity index (χ3v) is 9.36. The molecule has 0 radical (unpaired) electrons. The number of piperazine rings is 1. The molecule has 48 heavy (non-hydrogen) atoms. The molecule has 0 spiro atoms. The maximum absolute atomic E-state index is 13.9. The Labute approximate surface area is 281 Å². The Kier molecular flexibility index (Phi) is 11.3. The van der Waals surface area contributed by atoms with Crippen LogP contribution in [0.15, 0.2) is 42.6 Å². The van der Waals surface area contributed by atoms with Crippen molar-refractivity contribution >= 4 is 29.5 Å². The van der Waals surface area contributed by atoms with E-state index >= 15 is 0 Å². The van der Waals surface area contributed by atoms with Gasteiger partial charge in [0.1, 0.15) is 29.9 Å². The van der Waals surface area contributed by atoms with Gasteiger partial charge in [-0.15, -0.1) is 0 Å². The summed E-state index contributed by atoms with van der Waals surface area (Å²) in [7, 11) is 0. The molecule has 13 heteroatoms. The highest BCUT2D eigenvalue weighted by Gasteiger charge is 2.40. The Bertz CT molecular complexity index is 1490. The Morgan fingerprint density at radius 1 is 0.958 bits per heavy atom. The summed E-state index contributed by atoms with van der Waals surface area (Å²) in [5, 5.41) is 8.45. The lowest BCUT2D eigenvalue weighted by atomic mass is 10.0. The lowest BCUT2D eigenvalue weighted by molar-refractivity contribution is -0.143. The zero-order chi connectivity index (χ0) is 34.4. The number of nitrogens with zero attached hydrogens (tertiary/aromatic N) is 4. The van der Waals surface area contributed by atoms with E-state index in [0.717, 1.165) is 16.8 Å². The van der Waals surface area contributed by atoms with Crippen LogP contribution in [0.5, 0.6) is 5.75 Å². The summed E-state index contributed by atoms with van der Waals surface area (Å²) in [6, 6.07) is 7.51. The molecule has 0 aliphatic carbocycles. The van der Waals surface area contributed by atoms with E-state index < -0.39 is 41.9 Å². The number of hydrogen-bond acceptors (Lipinski definition) is 8. The molecule has 6 rings (SSSR count). The second kappa shape index (κ2) is 15.6. The Hall–Kier alpha value is -4.52. The topological polar surface area (TPSA) is 153 Å². The fourth-order valence-electron chi connectivity index (χ4n) is 6.43. The molecule has 2 aromatic rings. The lowest BCUT2D eigenvalue weighted by Gasteiger charge is -2.36. The van der Waals surface area contributed by atoms with Crippen molar-refractivity contribution in [2.24, 2.45) is 5.92 Å². The van der Waals surface area contributed by atoms with Gasteiger partial charge in [-0.25, -0.2) is 0 Å². The van der Waals surface area contributed by atoms with Crippen LogP contribution in [0, 0.1) is 12.8 Å². The molecule has 3 N–H and O–H groups in total. The monoisotopic (exact) mass is 661 g/mol. The summed E-state index contributed by atoms with van der Waals surface area (Å²) in [6.45, 7) is 10.4. The summed E-state index contributed by atoms with van der Waals surface area (Å²) < 4.78 is 5.71. The number of aryl methyl sites for hydroxylation is 1. The third-order valence-electron chi connectivity index (χ3n) is 9.36. The van der Waals surface area contributed by atoms with Gasteiger partial charge < -0.3 is 30.5 Å². The minimum absolute atomic E-state index is 0.203. The highest BCUT2D eigenvalue weighted by atomic mass is 16.5. The first kappa shape index (κ1) is 34.8. The number of amides is 5. The van der Waals surface area contributed by atoms with Crippen LogP contribution in [0.1, 0.15) is 50.4 Å². The number of carbonyl (C=O) groups excluding carboxylic acids is 5. The second-order valence-corrected chi connectivity index (χ2v) is 13.3. The first-order valence-corrected chi connectivity index (χ1v) is 16.8. The first-order chi connectivity index (χ1) is 23.0. The molecule has 4 atom stereocenters. The van der Waals surface area contributed by atoms with E-state index in [2.05, 4.69) is 25.8 Å². The van der Waals surface area contributed by atoms with Crippen molar-refractivity contribution in [2.75, 3.05) is 39.3 Å².